The number of Topliss-reactive ketones (excluding diaryl/α,β-unsaturated/α-hetero) is 6. The molecule has 0 fully saturated rings. The van der Waals surface area contributed by atoms with Crippen LogP contribution in [0.15, 0.2) is 73.8 Å². The van der Waals surface area contributed by atoms with E-state index in [4.69, 9.17) is 37.9 Å². The van der Waals surface area contributed by atoms with Gasteiger partial charge in [0.25, 0.3) is 0 Å². The maximum Gasteiger partial charge on any atom is 0.330 e. The second-order valence-electron chi connectivity index (χ2n) is 23.1. The fourth-order valence-corrected chi connectivity index (χ4v) is 10.8. The van der Waals surface area contributed by atoms with E-state index in [9.17, 15) is 47.9 Å². The highest BCUT2D eigenvalue weighted by Gasteiger charge is 2.28. The maximum atomic E-state index is 14.7. The number of benzene rings is 4. The van der Waals surface area contributed by atoms with Crippen LogP contribution in [0.1, 0.15) is 243 Å². The van der Waals surface area contributed by atoms with Gasteiger partial charge < -0.3 is 37.9 Å². The minimum Gasteiger partial charge on any atom is -0.489 e. The Hall–Kier alpha value is -8.54. The van der Waals surface area contributed by atoms with Gasteiger partial charge in [-0.1, -0.05) is 92.2 Å². The van der Waals surface area contributed by atoms with Crippen molar-refractivity contribution in [3.63, 3.8) is 0 Å². The highest BCUT2D eigenvalue weighted by atomic mass is 16.6. The summed E-state index contributed by atoms with van der Waals surface area (Å²) in [5.74, 6) is -3.24. The molecule has 0 amide bonds. The summed E-state index contributed by atoms with van der Waals surface area (Å²) in [4.78, 5) is 133. The van der Waals surface area contributed by atoms with Crippen molar-refractivity contribution >= 4 is 58.6 Å². The minimum absolute atomic E-state index is 0.0666. The number of carbonyl (C=O) groups is 10. The van der Waals surface area contributed by atoms with E-state index in [1.54, 1.807) is 48.5 Å². The lowest BCUT2D eigenvalue weighted by Gasteiger charge is -2.25. The summed E-state index contributed by atoms with van der Waals surface area (Å²) in [5.41, 5.74) is 4.95. The third-order valence-corrected chi connectivity index (χ3v) is 15.3. The molecule has 0 spiro atoms. The molecule has 92 heavy (non-hydrogen) atoms. The summed E-state index contributed by atoms with van der Waals surface area (Å²) in [6.07, 6.45) is 10.7. The second kappa shape index (κ2) is 39.7. The molecule has 0 unspecified atom stereocenters. The molecule has 0 saturated carbocycles. The first-order valence-corrected chi connectivity index (χ1v) is 32.5. The molecule has 4 aromatic rings. The Kier molecular flexibility index (Phi) is 32.0. The normalized spacial score (nSPS) is 11.5. The molecule has 0 radical (unpaired) electrons. The second-order valence-corrected chi connectivity index (χ2v) is 23.1. The SMILES string of the molecule is C=CC(=O)OCCOc1c2cc(C(=O)CCCCC)cc1Cc1cc(C(=O)CCCCC)cc(c1OCCOC(=O)CC(C)=O)Cc1cc(C(=O)CCCCC)cc(c1OCCOC(=O)C=C)Cc1cc(C(=O)CCCCC)cc(c1OCCOC(=O)CC(C)=O)C2. The van der Waals surface area contributed by atoms with Gasteiger partial charge in [-0.05, 0) is 133 Å². The van der Waals surface area contributed by atoms with E-state index in [1.165, 1.54) is 13.8 Å². The van der Waals surface area contributed by atoms with Gasteiger partial charge in [-0.25, -0.2) is 9.59 Å². The Balaban J connectivity index is 2.02. The number of unbranched alkanes of at least 4 members (excludes halogenated alkanes) is 8. The van der Waals surface area contributed by atoms with Crippen LogP contribution in [-0.4, -0.2) is 111 Å². The zero-order valence-electron chi connectivity index (χ0n) is 54.7. The lowest BCUT2D eigenvalue weighted by molar-refractivity contribution is -0.147. The van der Waals surface area contributed by atoms with E-state index in [0.717, 1.165) is 63.5 Å². The van der Waals surface area contributed by atoms with Crippen molar-refractivity contribution in [3.05, 3.63) is 141 Å². The fraction of sp³-hybridized carbons (Fsp3) is 0.486. The van der Waals surface area contributed by atoms with Gasteiger partial charge in [-0.3, -0.25) is 38.4 Å². The van der Waals surface area contributed by atoms with E-state index >= 15 is 0 Å². The van der Waals surface area contributed by atoms with Gasteiger partial charge >= 0.3 is 23.9 Å². The van der Waals surface area contributed by atoms with Crippen molar-refractivity contribution in [2.75, 3.05) is 52.9 Å². The highest BCUT2D eigenvalue weighted by Crippen LogP contribution is 2.42. The first kappa shape index (κ1) is 74.2. The van der Waals surface area contributed by atoms with Gasteiger partial charge in [0, 0.05) is 85.8 Å². The van der Waals surface area contributed by atoms with Crippen molar-refractivity contribution in [3.8, 4) is 23.0 Å². The van der Waals surface area contributed by atoms with Crippen molar-refractivity contribution in [2.24, 2.45) is 0 Å². The molecular formula is C74H92O18. The van der Waals surface area contributed by atoms with Crippen molar-refractivity contribution in [2.45, 2.75) is 183 Å². The van der Waals surface area contributed by atoms with Crippen molar-refractivity contribution < 1.29 is 85.8 Å². The molecule has 0 atom stereocenters. The number of ketones is 6. The third kappa shape index (κ3) is 24.3. The zero-order chi connectivity index (χ0) is 67.0. The molecule has 0 aromatic heterocycles. The molecule has 0 heterocycles. The van der Waals surface area contributed by atoms with Crippen LogP contribution in [0, 0.1) is 0 Å². The first-order valence-electron chi connectivity index (χ1n) is 32.5. The molecule has 496 valence electrons. The molecule has 18 nitrogen and oxygen atoms in total. The molecule has 0 aliphatic heterocycles. The van der Waals surface area contributed by atoms with Crippen LogP contribution in [0.5, 0.6) is 23.0 Å². The molecule has 5 rings (SSSR count). The molecule has 1 aliphatic carbocycles. The van der Waals surface area contributed by atoms with Crippen LogP contribution in [0.4, 0.5) is 0 Å². The summed E-state index contributed by atoms with van der Waals surface area (Å²) in [5, 5.41) is 0. The molecule has 1 aliphatic rings. The lowest BCUT2D eigenvalue weighted by Crippen LogP contribution is -2.17. The Morgan fingerprint density at radius 2 is 0.554 bits per heavy atom. The standard InChI is InChI=1S/C74H92O18/c1-9-15-19-23-63(77)51-37-55-45-59-41-53(65(79)25-21-17-11-3)43-61(73(59)91-33-29-87-69(83)35-49(7)75)47-57-39-52(64(78)24-20-16-10-2)40-58(72(57)90-32-28-86-68(82)14-6)48-62-44-54(66(80)26-22-18-12-4)42-60(74(62)92-34-30-88-70(84)36-50(8)76)46-56(38-51)71(55)89-31-27-85-67(81)13-5/h13-14,37-44H,5-6,9-12,15-36,45-48H2,1-4,7-8H3. The summed E-state index contributed by atoms with van der Waals surface area (Å²) in [6, 6.07) is 13.9. The molecule has 4 aromatic carbocycles. The maximum absolute atomic E-state index is 14.7. The molecule has 0 N–H and O–H groups in total. The minimum atomic E-state index is -0.752. The Morgan fingerprint density at radius 1 is 0.337 bits per heavy atom. The van der Waals surface area contributed by atoms with E-state index in [0.29, 0.717) is 92.4 Å². The van der Waals surface area contributed by atoms with Crippen LogP contribution < -0.4 is 18.9 Å². The van der Waals surface area contributed by atoms with Crippen LogP contribution in [0.2, 0.25) is 0 Å². The van der Waals surface area contributed by atoms with E-state index in [1.807, 2.05) is 27.7 Å². The predicted molar refractivity (Wildman–Crippen MR) is 348 cm³/mol. The molecule has 8 bridgehead atoms. The monoisotopic (exact) mass is 1270 g/mol. The van der Waals surface area contributed by atoms with Gasteiger partial charge in [0.05, 0.1) is 0 Å². The summed E-state index contributed by atoms with van der Waals surface area (Å²) in [7, 11) is 0. The van der Waals surface area contributed by atoms with Gasteiger partial charge in [0.1, 0.15) is 100 Å². The number of hydrogen-bond donors (Lipinski definition) is 0. The van der Waals surface area contributed by atoms with Crippen LogP contribution in [0.3, 0.4) is 0 Å². The van der Waals surface area contributed by atoms with E-state index < -0.39 is 36.7 Å². The highest BCUT2D eigenvalue weighted by molar-refractivity contribution is 6.00. The third-order valence-electron chi connectivity index (χ3n) is 15.3. The average Bonchev–Trinajstić information content (AvgIpc) is 0.817. The van der Waals surface area contributed by atoms with Crippen LogP contribution in [-0.2, 0) is 73.4 Å². The van der Waals surface area contributed by atoms with Crippen molar-refractivity contribution in [1.29, 1.82) is 0 Å². The van der Waals surface area contributed by atoms with Gasteiger partial charge in [0.15, 0.2) is 23.1 Å². The largest absolute Gasteiger partial charge is 0.489 e. The first-order chi connectivity index (χ1) is 44.3. The summed E-state index contributed by atoms with van der Waals surface area (Å²) in [6.45, 7) is 16.0. The number of fused-ring (bicyclic) bond motifs is 8. The average molecular weight is 1270 g/mol. The molecule has 0 saturated heterocycles. The zero-order valence-corrected chi connectivity index (χ0v) is 54.7. The Labute approximate surface area is 541 Å². The lowest BCUT2D eigenvalue weighted by atomic mass is 9.86. The predicted octanol–water partition coefficient (Wildman–Crippen LogP) is 13.4. The number of rotatable bonds is 42. The molecular weight excluding hydrogens is 1180 g/mol. The number of carbonyl (C=O) groups excluding carboxylic acids is 10. The quantitative estimate of drug-likeness (QED) is 0.00880. The topological polar surface area (TPSA) is 245 Å². The smallest absolute Gasteiger partial charge is 0.330 e. The van der Waals surface area contributed by atoms with Gasteiger partial charge in [-0.15, -0.1) is 0 Å². The summed E-state index contributed by atoms with van der Waals surface area (Å²) >= 11 is 0. The van der Waals surface area contributed by atoms with E-state index in [-0.39, 0.29) is 162 Å². The number of ether oxygens (including phenoxy) is 8. The van der Waals surface area contributed by atoms with Crippen LogP contribution in [0.25, 0.3) is 0 Å². The van der Waals surface area contributed by atoms with Crippen LogP contribution >= 0.6 is 0 Å². The fourth-order valence-electron chi connectivity index (χ4n) is 10.8. The summed E-state index contributed by atoms with van der Waals surface area (Å²) < 4.78 is 48.9. The number of esters is 4. The Morgan fingerprint density at radius 3 is 0.750 bits per heavy atom. The van der Waals surface area contributed by atoms with Gasteiger partial charge in [0.2, 0.25) is 0 Å². The number of hydrogen-bond acceptors (Lipinski definition) is 18. The molecule has 18 heteroatoms. The van der Waals surface area contributed by atoms with Gasteiger partial charge in [-0.2, -0.15) is 0 Å². The Bertz CT molecular complexity index is 2960. The van der Waals surface area contributed by atoms with E-state index in [2.05, 4.69) is 13.2 Å². The van der Waals surface area contributed by atoms with Crippen molar-refractivity contribution in [1.82, 2.24) is 0 Å².